The summed E-state index contributed by atoms with van der Waals surface area (Å²) in [5.74, 6) is 1.32. The normalized spacial score (nSPS) is 10.6. The highest BCUT2D eigenvalue weighted by Gasteiger charge is 2.08. The molecule has 0 fully saturated rings. The predicted molar refractivity (Wildman–Crippen MR) is 71.6 cm³/mol. The zero-order valence-electron chi connectivity index (χ0n) is 10.8. The van der Waals surface area contributed by atoms with E-state index in [2.05, 4.69) is 0 Å². The summed E-state index contributed by atoms with van der Waals surface area (Å²) in [7, 11) is 3.13. The van der Waals surface area contributed by atoms with Gasteiger partial charge in [-0.2, -0.15) is 0 Å². The molecule has 0 saturated heterocycles. The molecule has 2 rings (SSSR count). The highest BCUT2D eigenvalue weighted by molar-refractivity contribution is 6.05. The number of allylic oxidation sites excluding steroid dienone is 1. The van der Waals surface area contributed by atoms with E-state index in [0.717, 1.165) is 5.56 Å². The number of ketones is 1. The third-order valence-corrected chi connectivity index (χ3v) is 2.61. The van der Waals surface area contributed by atoms with Crippen molar-refractivity contribution in [3.63, 3.8) is 0 Å². The van der Waals surface area contributed by atoms with Crippen LogP contribution in [0.2, 0.25) is 0 Å². The molecule has 0 radical (unpaired) electrons. The van der Waals surface area contributed by atoms with Gasteiger partial charge in [-0.1, -0.05) is 12.1 Å². The van der Waals surface area contributed by atoms with Crippen LogP contribution in [0.3, 0.4) is 0 Å². The van der Waals surface area contributed by atoms with Crippen molar-refractivity contribution in [1.29, 1.82) is 0 Å². The average Bonchev–Trinajstić information content (AvgIpc) is 2.98. The van der Waals surface area contributed by atoms with Crippen molar-refractivity contribution in [2.45, 2.75) is 0 Å². The Balaban J connectivity index is 2.26. The number of carbonyl (C=O) groups is 1. The first-order chi connectivity index (χ1) is 9.26. The molecule has 1 heterocycles. The Bertz CT molecular complexity index is 582. The summed E-state index contributed by atoms with van der Waals surface area (Å²) in [4.78, 5) is 11.8. The zero-order valence-corrected chi connectivity index (χ0v) is 10.8. The largest absolute Gasteiger partial charge is 0.493 e. The Kier molecular flexibility index (Phi) is 4.03. The standard InChI is InChI=1S/C15H14O4/c1-17-14-6-3-5-11(15(14)18-2)8-9-12(16)13-7-4-10-19-13/h3-10H,1-2H3/b9-8+. The van der Waals surface area contributed by atoms with Crippen LogP contribution in [0.4, 0.5) is 0 Å². The molecule has 2 aromatic rings. The van der Waals surface area contributed by atoms with Crippen LogP contribution in [0, 0.1) is 0 Å². The van der Waals surface area contributed by atoms with Crippen molar-refractivity contribution < 1.29 is 18.7 Å². The number of rotatable bonds is 5. The first-order valence-corrected chi connectivity index (χ1v) is 5.73. The van der Waals surface area contributed by atoms with Crippen molar-refractivity contribution in [2.75, 3.05) is 14.2 Å². The van der Waals surface area contributed by atoms with E-state index in [4.69, 9.17) is 13.9 Å². The SMILES string of the molecule is COc1cccc(/C=C/C(=O)c2ccco2)c1OC. The van der Waals surface area contributed by atoms with E-state index in [1.54, 1.807) is 38.5 Å². The third-order valence-electron chi connectivity index (χ3n) is 2.61. The summed E-state index contributed by atoms with van der Waals surface area (Å²) in [5, 5.41) is 0. The minimum atomic E-state index is -0.199. The fourth-order valence-corrected chi connectivity index (χ4v) is 1.71. The molecule has 1 aromatic heterocycles. The van der Waals surface area contributed by atoms with Gasteiger partial charge < -0.3 is 13.9 Å². The van der Waals surface area contributed by atoms with Crippen LogP contribution in [-0.2, 0) is 0 Å². The molecule has 0 bridgehead atoms. The molecule has 4 heteroatoms. The molecule has 4 nitrogen and oxygen atoms in total. The summed E-state index contributed by atoms with van der Waals surface area (Å²) < 4.78 is 15.5. The molecule has 1 aromatic carbocycles. The Morgan fingerprint density at radius 3 is 2.63 bits per heavy atom. The molecule has 0 saturated carbocycles. The monoisotopic (exact) mass is 258 g/mol. The quantitative estimate of drug-likeness (QED) is 0.610. The molecule has 98 valence electrons. The van der Waals surface area contributed by atoms with Crippen LogP contribution in [0.15, 0.2) is 47.1 Å². The van der Waals surface area contributed by atoms with Gasteiger partial charge in [0.15, 0.2) is 17.3 Å². The molecular weight excluding hydrogens is 244 g/mol. The van der Waals surface area contributed by atoms with Gasteiger partial charge in [0.05, 0.1) is 20.5 Å². The van der Waals surface area contributed by atoms with Gasteiger partial charge in [-0.15, -0.1) is 0 Å². The van der Waals surface area contributed by atoms with Crippen LogP contribution >= 0.6 is 0 Å². The van der Waals surface area contributed by atoms with Gasteiger partial charge in [-0.3, -0.25) is 4.79 Å². The lowest BCUT2D eigenvalue weighted by molar-refractivity contribution is 0.102. The first kappa shape index (κ1) is 13.0. The summed E-state index contributed by atoms with van der Waals surface area (Å²) in [6.07, 6.45) is 4.58. The van der Waals surface area contributed by atoms with Crippen molar-refractivity contribution in [3.05, 3.63) is 54.0 Å². The van der Waals surface area contributed by atoms with Crippen LogP contribution in [0.25, 0.3) is 6.08 Å². The van der Waals surface area contributed by atoms with Gasteiger partial charge in [0.1, 0.15) is 0 Å². The van der Waals surface area contributed by atoms with Crippen molar-refractivity contribution in [2.24, 2.45) is 0 Å². The average molecular weight is 258 g/mol. The van der Waals surface area contributed by atoms with Gasteiger partial charge in [0.25, 0.3) is 0 Å². The van der Waals surface area contributed by atoms with Crippen LogP contribution in [-0.4, -0.2) is 20.0 Å². The molecule has 19 heavy (non-hydrogen) atoms. The van der Waals surface area contributed by atoms with E-state index in [-0.39, 0.29) is 5.78 Å². The molecule has 0 aliphatic rings. The summed E-state index contributed by atoms with van der Waals surface area (Å²) in [6.45, 7) is 0. The second-order valence-electron chi connectivity index (χ2n) is 3.76. The van der Waals surface area contributed by atoms with E-state index in [1.165, 1.54) is 12.3 Å². The third kappa shape index (κ3) is 2.85. The molecule has 0 spiro atoms. The Morgan fingerprint density at radius 2 is 2.00 bits per heavy atom. The van der Waals surface area contributed by atoms with Gasteiger partial charge in [-0.05, 0) is 30.4 Å². The topological polar surface area (TPSA) is 48.7 Å². The fourth-order valence-electron chi connectivity index (χ4n) is 1.71. The molecule has 0 atom stereocenters. The Labute approximate surface area is 111 Å². The molecule has 0 N–H and O–H groups in total. The number of ether oxygens (including phenoxy) is 2. The minimum Gasteiger partial charge on any atom is -0.493 e. The second-order valence-corrected chi connectivity index (χ2v) is 3.76. The number of hydrogen-bond acceptors (Lipinski definition) is 4. The van der Waals surface area contributed by atoms with E-state index in [9.17, 15) is 4.79 Å². The molecule has 0 aliphatic heterocycles. The molecule has 0 unspecified atom stereocenters. The number of para-hydroxylation sites is 1. The number of methoxy groups -OCH3 is 2. The summed E-state index contributed by atoms with van der Waals surface area (Å²) in [5.41, 5.74) is 0.766. The van der Waals surface area contributed by atoms with Gasteiger partial charge in [0.2, 0.25) is 5.78 Å². The lowest BCUT2D eigenvalue weighted by atomic mass is 10.1. The maximum Gasteiger partial charge on any atom is 0.221 e. The van der Waals surface area contributed by atoms with Crippen molar-refractivity contribution in [1.82, 2.24) is 0 Å². The van der Waals surface area contributed by atoms with Gasteiger partial charge >= 0.3 is 0 Å². The lowest BCUT2D eigenvalue weighted by Gasteiger charge is -2.09. The van der Waals surface area contributed by atoms with Crippen LogP contribution in [0.5, 0.6) is 11.5 Å². The Morgan fingerprint density at radius 1 is 1.16 bits per heavy atom. The van der Waals surface area contributed by atoms with E-state index >= 15 is 0 Å². The lowest BCUT2D eigenvalue weighted by Crippen LogP contribution is -1.94. The smallest absolute Gasteiger partial charge is 0.221 e. The number of hydrogen-bond donors (Lipinski definition) is 0. The molecule has 0 aliphatic carbocycles. The minimum absolute atomic E-state index is 0.199. The fraction of sp³-hybridized carbons (Fsp3) is 0.133. The van der Waals surface area contributed by atoms with E-state index < -0.39 is 0 Å². The van der Waals surface area contributed by atoms with Gasteiger partial charge in [0, 0.05) is 5.56 Å². The maximum absolute atomic E-state index is 11.8. The Hall–Kier alpha value is -2.49. The first-order valence-electron chi connectivity index (χ1n) is 5.73. The predicted octanol–water partition coefficient (Wildman–Crippen LogP) is 3.19. The maximum atomic E-state index is 11.8. The summed E-state index contributed by atoms with van der Waals surface area (Å²) in [6, 6.07) is 8.76. The van der Waals surface area contributed by atoms with E-state index in [1.807, 2.05) is 12.1 Å². The van der Waals surface area contributed by atoms with Gasteiger partial charge in [-0.25, -0.2) is 0 Å². The highest BCUT2D eigenvalue weighted by Crippen LogP contribution is 2.31. The van der Waals surface area contributed by atoms with Crippen molar-refractivity contribution in [3.8, 4) is 11.5 Å². The number of carbonyl (C=O) groups excluding carboxylic acids is 1. The van der Waals surface area contributed by atoms with E-state index in [0.29, 0.717) is 17.3 Å². The molecule has 0 amide bonds. The van der Waals surface area contributed by atoms with Crippen LogP contribution in [0.1, 0.15) is 16.1 Å². The summed E-state index contributed by atoms with van der Waals surface area (Å²) >= 11 is 0. The molecular formula is C15H14O4. The van der Waals surface area contributed by atoms with Crippen LogP contribution < -0.4 is 9.47 Å². The zero-order chi connectivity index (χ0) is 13.7. The number of benzene rings is 1. The number of furan rings is 1. The highest BCUT2D eigenvalue weighted by atomic mass is 16.5. The second kappa shape index (κ2) is 5.91. The van der Waals surface area contributed by atoms with Crippen molar-refractivity contribution >= 4 is 11.9 Å².